The van der Waals surface area contributed by atoms with E-state index in [9.17, 15) is 0 Å². The molecule has 0 spiro atoms. The smallest absolute Gasteiger partial charge is 0.191 e. The summed E-state index contributed by atoms with van der Waals surface area (Å²) in [6, 6.07) is 1.18. The second-order valence-corrected chi connectivity index (χ2v) is 4.38. The molecule has 2 rings (SSSR count). The number of hydrogen-bond acceptors (Lipinski definition) is 2. The Morgan fingerprint density at radius 1 is 1.06 bits per heavy atom. The van der Waals surface area contributed by atoms with Crippen LogP contribution >= 0.6 is 24.0 Å². The average Bonchev–Trinajstić information content (AvgIpc) is 2.23. The van der Waals surface area contributed by atoms with E-state index in [1.54, 1.807) is 0 Å². The fourth-order valence-electron chi connectivity index (χ4n) is 1.95. The first kappa shape index (κ1) is 14.0. The quantitative estimate of drug-likeness (QED) is 0.455. The summed E-state index contributed by atoms with van der Waals surface area (Å²) < 4.78 is 5.33. The second-order valence-electron chi connectivity index (χ2n) is 4.38. The molecule has 0 unspecified atom stereocenters. The summed E-state index contributed by atoms with van der Waals surface area (Å²) in [5.41, 5.74) is 0. The van der Waals surface area contributed by atoms with Gasteiger partial charge in [-0.25, -0.2) is 0 Å². The Kier molecular flexibility index (Phi) is 6.41. The molecular formula is C11H22IN3O. The van der Waals surface area contributed by atoms with E-state index in [-0.39, 0.29) is 24.0 Å². The highest BCUT2D eigenvalue weighted by Crippen LogP contribution is 2.17. The van der Waals surface area contributed by atoms with Crippen molar-refractivity contribution in [3.63, 3.8) is 0 Å². The van der Waals surface area contributed by atoms with Gasteiger partial charge in [0.1, 0.15) is 0 Å². The number of ether oxygens (including phenoxy) is 1. The number of guanidine groups is 1. The lowest BCUT2D eigenvalue weighted by Crippen LogP contribution is -2.50. The van der Waals surface area contributed by atoms with Gasteiger partial charge >= 0.3 is 0 Å². The van der Waals surface area contributed by atoms with Gasteiger partial charge in [0.25, 0.3) is 0 Å². The molecule has 0 atom stereocenters. The highest BCUT2D eigenvalue weighted by atomic mass is 127. The number of halogens is 1. The zero-order valence-electron chi connectivity index (χ0n) is 9.87. The van der Waals surface area contributed by atoms with Crippen molar-refractivity contribution in [3.05, 3.63) is 0 Å². The molecule has 0 radical (unpaired) electrons. The lowest BCUT2D eigenvalue weighted by Gasteiger charge is -2.31. The van der Waals surface area contributed by atoms with Crippen molar-refractivity contribution in [1.29, 1.82) is 0 Å². The summed E-state index contributed by atoms with van der Waals surface area (Å²) >= 11 is 0. The van der Waals surface area contributed by atoms with E-state index in [0.717, 1.165) is 32.0 Å². The van der Waals surface area contributed by atoms with Gasteiger partial charge in [-0.05, 0) is 32.1 Å². The monoisotopic (exact) mass is 339 g/mol. The summed E-state index contributed by atoms with van der Waals surface area (Å²) in [5, 5.41) is 6.91. The van der Waals surface area contributed by atoms with E-state index in [0.29, 0.717) is 12.1 Å². The van der Waals surface area contributed by atoms with Crippen LogP contribution in [0.5, 0.6) is 0 Å². The molecule has 1 aliphatic carbocycles. The van der Waals surface area contributed by atoms with Gasteiger partial charge in [-0.15, -0.1) is 24.0 Å². The summed E-state index contributed by atoms with van der Waals surface area (Å²) in [4.78, 5) is 4.26. The van der Waals surface area contributed by atoms with E-state index < -0.39 is 0 Å². The molecule has 5 heteroatoms. The third kappa shape index (κ3) is 4.08. The average molecular weight is 339 g/mol. The third-order valence-electron chi connectivity index (χ3n) is 3.23. The van der Waals surface area contributed by atoms with Gasteiger partial charge in [0.2, 0.25) is 0 Å². The van der Waals surface area contributed by atoms with Gasteiger partial charge < -0.3 is 15.4 Å². The molecule has 0 bridgehead atoms. The molecule has 0 aromatic rings. The largest absolute Gasteiger partial charge is 0.381 e. The van der Waals surface area contributed by atoms with E-state index in [1.807, 2.05) is 7.05 Å². The number of rotatable bonds is 2. The van der Waals surface area contributed by atoms with Crippen molar-refractivity contribution in [3.8, 4) is 0 Å². The van der Waals surface area contributed by atoms with Crippen molar-refractivity contribution in [2.75, 3.05) is 20.3 Å². The van der Waals surface area contributed by atoms with Gasteiger partial charge in [-0.3, -0.25) is 4.99 Å². The molecule has 4 nitrogen and oxygen atoms in total. The highest BCUT2D eigenvalue weighted by Gasteiger charge is 2.20. The zero-order chi connectivity index (χ0) is 10.5. The topological polar surface area (TPSA) is 45.7 Å². The zero-order valence-corrected chi connectivity index (χ0v) is 12.2. The van der Waals surface area contributed by atoms with Crippen LogP contribution < -0.4 is 10.6 Å². The fourth-order valence-corrected chi connectivity index (χ4v) is 1.95. The molecule has 2 N–H and O–H groups in total. The summed E-state index contributed by atoms with van der Waals surface area (Å²) in [5.74, 6) is 0.964. The van der Waals surface area contributed by atoms with Crippen LogP contribution in [0.3, 0.4) is 0 Å². The Morgan fingerprint density at radius 3 is 2.06 bits per heavy atom. The predicted molar refractivity (Wildman–Crippen MR) is 76.5 cm³/mol. The Bertz CT molecular complexity index is 225. The maximum absolute atomic E-state index is 5.33. The molecule has 0 aromatic heterocycles. The van der Waals surface area contributed by atoms with Crippen LogP contribution in [-0.4, -0.2) is 38.3 Å². The number of nitrogens with one attached hydrogen (secondary N) is 2. The van der Waals surface area contributed by atoms with Crippen LogP contribution in [0, 0.1) is 0 Å². The normalized spacial score (nSPS) is 23.2. The van der Waals surface area contributed by atoms with Gasteiger partial charge in [-0.2, -0.15) is 0 Å². The lowest BCUT2D eigenvalue weighted by atomic mass is 9.93. The standard InChI is InChI=1S/C11H21N3O.HI/c1-12-11(13-9-3-2-4-9)14-10-5-7-15-8-6-10;/h9-10H,2-8H2,1H3,(H2,12,13,14);1H. The molecule has 1 saturated carbocycles. The molecule has 94 valence electrons. The van der Waals surface area contributed by atoms with Crippen LogP contribution in [0.1, 0.15) is 32.1 Å². The summed E-state index contributed by atoms with van der Waals surface area (Å²) in [6.07, 6.45) is 6.10. The molecule has 16 heavy (non-hydrogen) atoms. The minimum atomic E-state index is 0. The van der Waals surface area contributed by atoms with Gasteiger partial charge in [-0.1, -0.05) is 0 Å². The van der Waals surface area contributed by atoms with Crippen LogP contribution in [-0.2, 0) is 4.74 Å². The Labute approximate surface area is 115 Å². The Hall–Kier alpha value is -0.0400. The van der Waals surface area contributed by atoms with E-state index in [2.05, 4.69) is 15.6 Å². The SMILES string of the molecule is CN=C(NC1CCC1)NC1CCOCC1.I. The van der Waals surface area contributed by atoms with Gasteiger partial charge in [0, 0.05) is 32.3 Å². The maximum atomic E-state index is 5.33. The predicted octanol–water partition coefficient (Wildman–Crippen LogP) is 1.50. The lowest BCUT2D eigenvalue weighted by molar-refractivity contribution is 0.0821. The van der Waals surface area contributed by atoms with Crippen molar-refractivity contribution in [2.45, 2.75) is 44.2 Å². The van der Waals surface area contributed by atoms with Gasteiger partial charge in [0.15, 0.2) is 5.96 Å². The third-order valence-corrected chi connectivity index (χ3v) is 3.23. The maximum Gasteiger partial charge on any atom is 0.191 e. The molecule has 2 aliphatic rings. The van der Waals surface area contributed by atoms with Crippen LogP contribution in [0.25, 0.3) is 0 Å². The second kappa shape index (κ2) is 7.32. The van der Waals surface area contributed by atoms with Crippen molar-refractivity contribution in [2.24, 2.45) is 4.99 Å². The molecule has 1 saturated heterocycles. The number of aliphatic imine (C=N–C) groups is 1. The van der Waals surface area contributed by atoms with Crippen LogP contribution in [0.4, 0.5) is 0 Å². The molecule has 0 aromatic carbocycles. The van der Waals surface area contributed by atoms with E-state index >= 15 is 0 Å². The molecule has 0 amide bonds. The first-order valence-corrected chi connectivity index (χ1v) is 5.96. The van der Waals surface area contributed by atoms with E-state index in [1.165, 1.54) is 19.3 Å². The molecule has 2 fully saturated rings. The molecular weight excluding hydrogens is 317 g/mol. The minimum absolute atomic E-state index is 0. The van der Waals surface area contributed by atoms with Crippen molar-refractivity contribution < 1.29 is 4.74 Å². The summed E-state index contributed by atoms with van der Waals surface area (Å²) in [6.45, 7) is 1.75. The van der Waals surface area contributed by atoms with Crippen LogP contribution in [0.2, 0.25) is 0 Å². The minimum Gasteiger partial charge on any atom is -0.381 e. The number of hydrogen-bond donors (Lipinski definition) is 2. The first-order chi connectivity index (χ1) is 7.38. The Balaban J connectivity index is 0.00000128. The van der Waals surface area contributed by atoms with Crippen molar-refractivity contribution >= 4 is 29.9 Å². The molecule has 1 aliphatic heterocycles. The van der Waals surface area contributed by atoms with E-state index in [4.69, 9.17) is 4.74 Å². The van der Waals surface area contributed by atoms with Gasteiger partial charge in [0.05, 0.1) is 0 Å². The van der Waals surface area contributed by atoms with Crippen molar-refractivity contribution in [1.82, 2.24) is 10.6 Å². The Morgan fingerprint density at radius 2 is 1.62 bits per heavy atom. The van der Waals surface area contributed by atoms with Crippen LogP contribution in [0.15, 0.2) is 4.99 Å². The molecule has 1 heterocycles. The highest BCUT2D eigenvalue weighted by molar-refractivity contribution is 14.0. The fraction of sp³-hybridized carbons (Fsp3) is 0.909. The summed E-state index contributed by atoms with van der Waals surface area (Å²) in [7, 11) is 1.84. The first-order valence-electron chi connectivity index (χ1n) is 5.96. The number of nitrogens with zero attached hydrogens (tertiary/aromatic N) is 1.